The van der Waals surface area contributed by atoms with Gasteiger partial charge in [-0.25, -0.2) is 0 Å². The Balaban J connectivity index is 2.08. The predicted molar refractivity (Wildman–Crippen MR) is 50.3 cm³/mol. The molecule has 4 nitrogen and oxygen atoms in total. The predicted octanol–water partition coefficient (Wildman–Crippen LogP) is -0.0257. The maximum atomic E-state index is 9.23. The lowest BCUT2D eigenvalue weighted by Crippen LogP contribution is -2.40. The standard InChI is InChI=1S/C9H17N3O/c10-8(11)12-4-7(5-13)9(6-12)2-1-3-9/h7,13H,1-6H2,(H3,10,11)/t7-/m1/s1. The summed E-state index contributed by atoms with van der Waals surface area (Å²) in [5.74, 6) is 0.493. The van der Waals surface area contributed by atoms with Crippen molar-refractivity contribution in [3.8, 4) is 0 Å². The molecule has 1 atom stereocenters. The second-order valence-electron chi connectivity index (χ2n) is 4.36. The molecule has 74 valence electrons. The van der Waals surface area contributed by atoms with E-state index in [9.17, 15) is 5.11 Å². The van der Waals surface area contributed by atoms with Crippen molar-refractivity contribution in [1.82, 2.24) is 4.90 Å². The van der Waals surface area contributed by atoms with E-state index in [4.69, 9.17) is 11.1 Å². The number of guanidine groups is 1. The Kier molecular flexibility index (Phi) is 1.95. The molecule has 0 radical (unpaired) electrons. The van der Waals surface area contributed by atoms with Gasteiger partial charge in [0.1, 0.15) is 0 Å². The number of hydrogen-bond donors (Lipinski definition) is 3. The van der Waals surface area contributed by atoms with Crippen molar-refractivity contribution in [2.24, 2.45) is 17.1 Å². The van der Waals surface area contributed by atoms with Crippen LogP contribution in [0.15, 0.2) is 0 Å². The average Bonchev–Trinajstić information content (AvgIpc) is 2.42. The molecule has 1 heterocycles. The summed E-state index contributed by atoms with van der Waals surface area (Å²) in [7, 11) is 0. The summed E-state index contributed by atoms with van der Waals surface area (Å²) in [6.07, 6.45) is 3.66. The van der Waals surface area contributed by atoms with Gasteiger partial charge in [0, 0.05) is 25.6 Å². The number of aliphatic hydroxyl groups is 1. The van der Waals surface area contributed by atoms with Crippen LogP contribution >= 0.6 is 0 Å². The summed E-state index contributed by atoms with van der Waals surface area (Å²) in [4.78, 5) is 1.89. The highest BCUT2D eigenvalue weighted by Crippen LogP contribution is 2.51. The lowest BCUT2D eigenvalue weighted by Gasteiger charge is -2.42. The number of aliphatic hydroxyl groups excluding tert-OH is 1. The zero-order chi connectivity index (χ0) is 9.47. The van der Waals surface area contributed by atoms with Crippen LogP contribution in [0.25, 0.3) is 0 Å². The van der Waals surface area contributed by atoms with Crippen LogP contribution in [0.3, 0.4) is 0 Å². The highest BCUT2D eigenvalue weighted by Gasteiger charge is 2.50. The van der Waals surface area contributed by atoms with Gasteiger partial charge in [-0.05, 0) is 18.3 Å². The molecular weight excluding hydrogens is 166 g/mol. The zero-order valence-electron chi connectivity index (χ0n) is 7.79. The highest BCUT2D eigenvalue weighted by molar-refractivity contribution is 5.75. The van der Waals surface area contributed by atoms with Gasteiger partial charge in [0.05, 0.1) is 0 Å². The molecule has 0 amide bonds. The van der Waals surface area contributed by atoms with E-state index in [1.807, 2.05) is 4.90 Å². The third-order valence-electron chi connectivity index (χ3n) is 3.72. The van der Waals surface area contributed by atoms with E-state index in [2.05, 4.69) is 0 Å². The van der Waals surface area contributed by atoms with Gasteiger partial charge in [0.15, 0.2) is 5.96 Å². The molecule has 4 heteroatoms. The Morgan fingerprint density at radius 2 is 2.31 bits per heavy atom. The Morgan fingerprint density at radius 1 is 1.62 bits per heavy atom. The van der Waals surface area contributed by atoms with Crippen molar-refractivity contribution in [3.05, 3.63) is 0 Å². The normalized spacial score (nSPS) is 30.5. The lowest BCUT2D eigenvalue weighted by atomic mass is 9.63. The van der Waals surface area contributed by atoms with Crippen LogP contribution in [0, 0.1) is 16.7 Å². The van der Waals surface area contributed by atoms with Crippen molar-refractivity contribution in [2.75, 3.05) is 19.7 Å². The molecule has 1 saturated carbocycles. The van der Waals surface area contributed by atoms with Crippen LogP contribution in [0.2, 0.25) is 0 Å². The summed E-state index contributed by atoms with van der Waals surface area (Å²) in [5.41, 5.74) is 5.73. The maximum absolute atomic E-state index is 9.23. The minimum absolute atomic E-state index is 0.155. The lowest BCUT2D eigenvalue weighted by molar-refractivity contribution is 0.0555. The topological polar surface area (TPSA) is 73.3 Å². The molecule has 1 aliphatic carbocycles. The summed E-state index contributed by atoms with van der Waals surface area (Å²) >= 11 is 0. The molecule has 0 aromatic rings. The first kappa shape index (κ1) is 8.81. The Hall–Kier alpha value is -0.770. The quantitative estimate of drug-likeness (QED) is 0.395. The Labute approximate surface area is 78.2 Å². The molecule has 0 aromatic heterocycles. The zero-order valence-corrected chi connectivity index (χ0v) is 7.79. The van der Waals surface area contributed by atoms with Crippen molar-refractivity contribution in [2.45, 2.75) is 19.3 Å². The first-order chi connectivity index (χ1) is 6.18. The number of likely N-dealkylation sites (tertiary alicyclic amines) is 1. The molecule has 1 aliphatic heterocycles. The van der Waals surface area contributed by atoms with Gasteiger partial charge >= 0.3 is 0 Å². The van der Waals surface area contributed by atoms with Gasteiger partial charge in [-0.15, -0.1) is 0 Å². The summed E-state index contributed by atoms with van der Waals surface area (Å²) in [5, 5.41) is 16.6. The second kappa shape index (κ2) is 2.87. The van der Waals surface area contributed by atoms with Crippen molar-refractivity contribution in [1.29, 1.82) is 5.41 Å². The number of nitrogens with zero attached hydrogens (tertiary/aromatic N) is 1. The van der Waals surface area contributed by atoms with Crippen LogP contribution in [-0.2, 0) is 0 Å². The van der Waals surface area contributed by atoms with E-state index in [1.54, 1.807) is 0 Å². The van der Waals surface area contributed by atoms with E-state index in [1.165, 1.54) is 19.3 Å². The summed E-state index contributed by atoms with van der Waals surface area (Å²) < 4.78 is 0. The fourth-order valence-electron chi connectivity index (χ4n) is 2.67. The van der Waals surface area contributed by atoms with E-state index in [-0.39, 0.29) is 12.6 Å². The van der Waals surface area contributed by atoms with E-state index in [0.717, 1.165) is 13.1 Å². The first-order valence-electron chi connectivity index (χ1n) is 4.88. The third-order valence-corrected chi connectivity index (χ3v) is 3.72. The minimum Gasteiger partial charge on any atom is -0.396 e. The van der Waals surface area contributed by atoms with Gasteiger partial charge < -0.3 is 15.7 Å². The van der Waals surface area contributed by atoms with Gasteiger partial charge in [0.25, 0.3) is 0 Å². The molecule has 1 saturated heterocycles. The van der Waals surface area contributed by atoms with Crippen LogP contribution in [0.4, 0.5) is 0 Å². The number of nitrogens with two attached hydrogens (primary N) is 1. The Bertz CT molecular complexity index is 225. The summed E-state index contributed by atoms with van der Waals surface area (Å²) in [6.45, 7) is 1.89. The van der Waals surface area contributed by atoms with Crippen LogP contribution < -0.4 is 5.73 Å². The van der Waals surface area contributed by atoms with Gasteiger partial charge in [-0.3, -0.25) is 5.41 Å². The van der Waals surface area contributed by atoms with Gasteiger partial charge in [-0.2, -0.15) is 0 Å². The molecule has 0 unspecified atom stereocenters. The van der Waals surface area contributed by atoms with Crippen molar-refractivity contribution >= 4 is 5.96 Å². The van der Waals surface area contributed by atoms with E-state index < -0.39 is 0 Å². The van der Waals surface area contributed by atoms with Crippen LogP contribution in [-0.4, -0.2) is 35.7 Å². The smallest absolute Gasteiger partial charge is 0.188 e. The SMILES string of the molecule is N=C(N)N1C[C@H](CO)C2(CCC2)C1. The van der Waals surface area contributed by atoms with E-state index in [0.29, 0.717) is 11.3 Å². The number of hydrogen-bond acceptors (Lipinski definition) is 2. The molecule has 1 spiro atoms. The van der Waals surface area contributed by atoms with E-state index >= 15 is 0 Å². The highest BCUT2D eigenvalue weighted by atomic mass is 16.3. The molecule has 4 N–H and O–H groups in total. The second-order valence-corrected chi connectivity index (χ2v) is 4.36. The largest absolute Gasteiger partial charge is 0.396 e. The molecule has 2 aliphatic rings. The third kappa shape index (κ3) is 1.20. The molecular formula is C9H17N3O. The van der Waals surface area contributed by atoms with Gasteiger partial charge in [0.2, 0.25) is 0 Å². The monoisotopic (exact) mass is 183 g/mol. The van der Waals surface area contributed by atoms with Crippen molar-refractivity contribution in [3.63, 3.8) is 0 Å². The molecule has 2 fully saturated rings. The first-order valence-corrected chi connectivity index (χ1v) is 4.88. The van der Waals surface area contributed by atoms with Crippen LogP contribution in [0.1, 0.15) is 19.3 Å². The molecule has 2 rings (SSSR count). The number of nitrogens with one attached hydrogen (secondary N) is 1. The average molecular weight is 183 g/mol. The van der Waals surface area contributed by atoms with Gasteiger partial charge in [-0.1, -0.05) is 6.42 Å². The molecule has 0 aromatic carbocycles. The Morgan fingerprint density at radius 3 is 2.62 bits per heavy atom. The summed E-state index contributed by atoms with van der Waals surface area (Å²) in [6, 6.07) is 0. The molecule has 13 heavy (non-hydrogen) atoms. The van der Waals surface area contributed by atoms with Crippen LogP contribution in [0.5, 0.6) is 0 Å². The number of rotatable bonds is 1. The fraction of sp³-hybridized carbons (Fsp3) is 0.889. The molecule has 0 bridgehead atoms. The maximum Gasteiger partial charge on any atom is 0.188 e. The minimum atomic E-state index is 0.155. The van der Waals surface area contributed by atoms with Crippen molar-refractivity contribution < 1.29 is 5.11 Å². The fourth-order valence-corrected chi connectivity index (χ4v) is 2.67.